The molecule has 0 saturated heterocycles. The fraction of sp³-hybridized carbons (Fsp3) is 0.875. The Labute approximate surface area is 90.9 Å². The van der Waals surface area contributed by atoms with Gasteiger partial charge in [0, 0.05) is 13.7 Å². The summed E-state index contributed by atoms with van der Waals surface area (Å²) < 4.78 is 39.8. The topological polar surface area (TPSA) is 38.3 Å². The number of halogens is 4. The monoisotopic (exact) mass is 247 g/mol. The summed E-state index contributed by atoms with van der Waals surface area (Å²) in [5.74, 6) is -1.04. The number of carbonyl (C=O) groups is 1. The van der Waals surface area contributed by atoms with E-state index in [-0.39, 0.29) is 11.9 Å². The van der Waals surface area contributed by atoms with Gasteiger partial charge in [-0.1, -0.05) is 0 Å². The third kappa shape index (κ3) is 9.81. The maximum atomic E-state index is 11.7. The van der Waals surface area contributed by atoms with Crippen LogP contribution in [0.1, 0.15) is 12.8 Å². The van der Waals surface area contributed by atoms with Crippen LogP contribution < -0.4 is 5.32 Å². The van der Waals surface area contributed by atoms with Crippen molar-refractivity contribution < 1.29 is 22.7 Å². The zero-order chi connectivity index (χ0) is 11.9. The van der Waals surface area contributed by atoms with E-state index in [4.69, 9.17) is 16.3 Å². The Morgan fingerprint density at radius 1 is 1.53 bits per heavy atom. The highest BCUT2D eigenvalue weighted by atomic mass is 35.5. The Bertz CT molecular complexity index is 199. The van der Waals surface area contributed by atoms with Crippen LogP contribution in [-0.4, -0.2) is 37.7 Å². The molecule has 0 rings (SSSR count). The molecule has 0 aromatic carbocycles. The number of alkyl halides is 4. The molecule has 0 fully saturated rings. The van der Waals surface area contributed by atoms with Crippen molar-refractivity contribution in [2.24, 2.45) is 0 Å². The minimum atomic E-state index is -4.46. The molecule has 0 heterocycles. The van der Waals surface area contributed by atoms with Gasteiger partial charge in [-0.2, -0.15) is 13.2 Å². The molecule has 15 heavy (non-hydrogen) atoms. The van der Waals surface area contributed by atoms with Crippen molar-refractivity contribution in [1.29, 1.82) is 0 Å². The first-order valence-corrected chi connectivity index (χ1v) is 4.75. The molecule has 3 nitrogen and oxygen atoms in total. The van der Waals surface area contributed by atoms with Gasteiger partial charge in [0.05, 0.1) is 12.0 Å². The van der Waals surface area contributed by atoms with E-state index < -0.39 is 18.5 Å². The Morgan fingerprint density at radius 2 is 2.13 bits per heavy atom. The van der Waals surface area contributed by atoms with Crippen LogP contribution >= 0.6 is 11.6 Å². The molecule has 0 bridgehead atoms. The van der Waals surface area contributed by atoms with Gasteiger partial charge in [0.25, 0.3) is 0 Å². The number of nitrogens with one attached hydrogen (secondary N) is 1. The SMILES string of the molecule is COCC(Cl)CCNC(=O)CC(F)(F)F. The first-order chi connectivity index (χ1) is 6.85. The fourth-order valence-electron chi connectivity index (χ4n) is 0.877. The van der Waals surface area contributed by atoms with Crippen LogP contribution in [0, 0.1) is 0 Å². The molecule has 0 saturated carbocycles. The van der Waals surface area contributed by atoms with Gasteiger partial charge in [0.1, 0.15) is 6.42 Å². The second-order valence-corrected chi connectivity index (χ2v) is 3.60. The summed E-state index contributed by atoms with van der Waals surface area (Å²) >= 11 is 5.70. The van der Waals surface area contributed by atoms with Crippen LogP contribution in [-0.2, 0) is 9.53 Å². The highest BCUT2D eigenvalue weighted by molar-refractivity contribution is 6.20. The second kappa shape index (κ2) is 6.90. The van der Waals surface area contributed by atoms with E-state index >= 15 is 0 Å². The minimum Gasteiger partial charge on any atom is -0.383 e. The molecule has 0 radical (unpaired) electrons. The third-order valence-corrected chi connectivity index (χ3v) is 1.83. The fourth-order valence-corrected chi connectivity index (χ4v) is 1.11. The van der Waals surface area contributed by atoms with E-state index in [2.05, 4.69) is 5.32 Å². The van der Waals surface area contributed by atoms with Gasteiger partial charge in [0.15, 0.2) is 0 Å². The summed E-state index contributed by atoms with van der Waals surface area (Å²) in [6, 6.07) is 0. The molecular weight excluding hydrogens is 235 g/mol. The second-order valence-electron chi connectivity index (χ2n) is 2.98. The van der Waals surface area contributed by atoms with E-state index in [1.54, 1.807) is 0 Å². The third-order valence-electron chi connectivity index (χ3n) is 1.49. The normalized spacial score (nSPS) is 13.7. The van der Waals surface area contributed by atoms with Crippen LogP contribution in [0.5, 0.6) is 0 Å². The Morgan fingerprint density at radius 3 is 2.60 bits per heavy atom. The molecule has 1 atom stereocenters. The number of methoxy groups -OCH3 is 1. The summed E-state index contributed by atoms with van der Waals surface area (Å²) in [6.45, 7) is 0.420. The Balaban J connectivity index is 3.55. The zero-order valence-corrected chi connectivity index (χ0v) is 8.99. The summed E-state index contributed by atoms with van der Waals surface area (Å²) in [7, 11) is 1.47. The van der Waals surface area contributed by atoms with E-state index in [9.17, 15) is 18.0 Å². The van der Waals surface area contributed by atoms with E-state index in [0.717, 1.165) is 0 Å². The first kappa shape index (κ1) is 14.5. The van der Waals surface area contributed by atoms with Gasteiger partial charge in [-0.05, 0) is 6.42 Å². The molecule has 0 aromatic rings. The van der Waals surface area contributed by atoms with Crippen LogP contribution in [0.4, 0.5) is 13.2 Å². The molecule has 90 valence electrons. The molecule has 0 aliphatic heterocycles. The lowest BCUT2D eigenvalue weighted by atomic mass is 10.3. The van der Waals surface area contributed by atoms with Crippen LogP contribution in [0.3, 0.4) is 0 Å². The van der Waals surface area contributed by atoms with Crippen molar-refractivity contribution in [3.8, 4) is 0 Å². The van der Waals surface area contributed by atoms with Crippen molar-refractivity contribution in [2.45, 2.75) is 24.4 Å². The zero-order valence-electron chi connectivity index (χ0n) is 8.23. The lowest BCUT2D eigenvalue weighted by molar-refractivity contribution is -0.153. The summed E-state index contributed by atoms with van der Waals surface area (Å²) in [5.41, 5.74) is 0. The predicted octanol–water partition coefficient (Wildman–Crippen LogP) is 1.70. The molecule has 0 spiro atoms. The molecule has 0 aliphatic rings. The number of hydrogen-bond donors (Lipinski definition) is 1. The molecule has 1 amide bonds. The van der Waals surface area contributed by atoms with Crippen LogP contribution in [0.25, 0.3) is 0 Å². The molecule has 1 N–H and O–H groups in total. The first-order valence-electron chi connectivity index (χ1n) is 4.31. The molecular formula is C8H13ClF3NO2. The van der Waals surface area contributed by atoms with Crippen molar-refractivity contribution in [3.05, 3.63) is 0 Å². The molecule has 0 aliphatic carbocycles. The largest absolute Gasteiger partial charge is 0.397 e. The lowest BCUT2D eigenvalue weighted by Crippen LogP contribution is -2.30. The number of rotatable bonds is 6. The summed E-state index contributed by atoms with van der Waals surface area (Å²) in [4.78, 5) is 10.7. The van der Waals surface area contributed by atoms with Crippen molar-refractivity contribution in [2.75, 3.05) is 20.3 Å². The maximum Gasteiger partial charge on any atom is 0.397 e. The maximum absolute atomic E-state index is 11.7. The van der Waals surface area contributed by atoms with Gasteiger partial charge < -0.3 is 10.1 Å². The minimum absolute atomic E-state index is 0.117. The average Bonchev–Trinajstić information content (AvgIpc) is 2.00. The highest BCUT2D eigenvalue weighted by Gasteiger charge is 2.30. The van der Waals surface area contributed by atoms with Crippen molar-refractivity contribution in [1.82, 2.24) is 5.32 Å². The van der Waals surface area contributed by atoms with Gasteiger partial charge in [-0.15, -0.1) is 11.6 Å². The predicted molar refractivity (Wildman–Crippen MR) is 49.8 cm³/mol. The smallest absolute Gasteiger partial charge is 0.383 e. The van der Waals surface area contributed by atoms with E-state index in [1.165, 1.54) is 7.11 Å². The Kier molecular flexibility index (Phi) is 6.67. The number of carbonyl (C=O) groups excluding carboxylic acids is 1. The number of ether oxygens (including phenoxy) is 1. The van der Waals surface area contributed by atoms with Crippen LogP contribution in [0.15, 0.2) is 0 Å². The van der Waals surface area contributed by atoms with Gasteiger partial charge >= 0.3 is 6.18 Å². The molecule has 7 heteroatoms. The number of amides is 1. The molecule has 0 aromatic heterocycles. The van der Waals surface area contributed by atoms with Crippen LogP contribution in [0.2, 0.25) is 0 Å². The quantitative estimate of drug-likeness (QED) is 0.726. The summed E-state index contributed by atoms with van der Waals surface area (Å²) in [5, 5.41) is 1.83. The van der Waals surface area contributed by atoms with Gasteiger partial charge in [0.2, 0.25) is 5.91 Å². The standard InChI is InChI=1S/C8H13ClF3NO2/c1-15-5-6(9)2-3-13-7(14)4-8(10,11)12/h6H,2-5H2,1H3,(H,13,14). The number of hydrogen-bond acceptors (Lipinski definition) is 2. The van der Waals surface area contributed by atoms with Gasteiger partial charge in [-0.3, -0.25) is 4.79 Å². The van der Waals surface area contributed by atoms with E-state index in [0.29, 0.717) is 13.0 Å². The molecule has 1 unspecified atom stereocenters. The highest BCUT2D eigenvalue weighted by Crippen LogP contribution is 2.18. The summed E-state index contributed by atoms with van der Waals surface area (Å²) in [6.07, 6.45) is -5.54. The van der Waals surface area contributed by atoms with Crippen molar-refractivity contribution >= 4 is 17.5 Å². The van der Waals surface area contributed by atoms with Gasteiger partial charge in [-0.25, -0.2) is 0 Å². The average molecular weight is 248 g/mol. The van der Waals surface area contributed by atoms with Crippen molar-refractivity contribution in [3.63, 3.8) is 0 Å². The Hall–Kier alpha value is -0.490. The van der Waals surface area contributed by atoms with E-state index in [1.807, 2.05) is 0 Å². The lowest BCUT2D eigenvalue weighted by Gasteiger charge is -2.10.